The van der Waals surface area contributed by atoms with E-state index in [0.29, 0.717) is 0 Å². The first-order valence-corrected chi connectivity index (χ1v) is 3.07. The molecule has 4 N–H and O–H groups in total. The summed E-state index contributed by atoms with van der Waals surface area (Å²) in [5, 5.41) is 35.1. The van der Waals surface area contributed by atoms with Crippen LogP contribution in [-0.2, 0) is 0 Å². The van der Waals surface area contributed by atoms with Gasteiger partial charge >= 0.3 is 0 Å². The summed E-state index contributed by atoms with van der Waals surface area (Å²) in [6, 6.07) is 0. The smallest absolute Gasteiger partial charge is 0.108 e. The lowest BCUT2D eigenvalue weighted by Crippen LogP contribution is -2.38. The van der Waals surface area contributed by atoms with E-state index in [9.17, 15) is 0 Å². The van der Waals surface area contributed by atoms with Gasteiger partial charge in [-0.3, -0.25) is 0 Å². The topological polar surface area (TPSA) is 80.9 Å². The molecular weight excluding hydrogens is 136 g/mol. The minimum absolute atomic E-state index is 0.0175. The molecule has 0 fully saturated rings. The van der Waals surface area contributed by atoms with E-state index in [1.54, 1.807) is 0 Å². The zero-order chi connectivity index (χ0) is 8.85. The van der Waals surface area contributed by atoms with Gasteiger partial charge in [0.15, 0.2) is 0 Å². The lowest BCUT2D eigenvalue weighted by Gasteiger charge is -2.19. The number of rotatable bonds is 4. The summed E-state index contributed by atoms with van der Waals surface area (Å²) in [6.07, 6.45) is -3.71. The van der Waals surface area contributed by atoms with Crippen molar-refractivity contribution in [1.82, 2.24) is 0 Å². The normalized spacial score (nSPS) is 21.4. The molecule has 4 nitrogen and oxygen atoms in total. The van der Waals surface area contributed by atoms with Gasteiger partial charge in [-0.2, -0.15) is 0 Å². The van der Waals surface area contributed by atoms with E-state index in [1.165, 1.54) is 0 Å². The monoisotopic (exact) mass is 151 g/mol. The first-order chi connectivity index (χ1) is 5.13. The third-order valence-electron chi connectivity index (χ3n) is 1.27. The van der Waals surface area contributed by atoms with E-state index in [0.717, 1.165) is 0 Å². The first kappa shape index (κ1) is 7.94. The highest BCUT2D eigenvalue weighted by molar-refractivity contribution is 4.72. The molecule has 0 rings (SSSR count). The molecule has 0 saturated heterocycles. The van der Waals surface area contributed by atoms with Crippen molar-refractivity contribution in [3.05, 3.63) is 0 Å². The maximum atomic E-state index is 8.98. The van der Waals surface area contributed by atoms with Crippen LogP contribution in [0, 0.1) is 0 Å². The highest BCUT2D eigenvalue weighted by Crippen LogP contribution is 2.02. The fourth-order valence-electron chi connectivity index (χ4n) is 0.535. The van der Waals surface area contributed by atoms with Crippen LogP contribution in [0.4, 0.5) is 0 Å². The van der Waals surface area contributed by atoms with Gasteiger partial charge in [0.2, 0.25) is 0 Å². The molecule has 0 unspecified atom stereocenters. The van der Waals surface area contributed by atoms with Gasteiger partial charge in [0, 0.05) is 1.37 Å². The van der Waals surface area contributed by atoms with Gasteiger partial charge in [-0.1, -0.05) is 6.90 Å². The zero-order valence-corrected chi connectivity index (χ0v) is 5.64. The molecule has 0 aliphatic carbocycles. The van der Waals surface area contributed by atoms with Crippen molar-refractivity contribution in [2.75, 3.05) is 6.61 Å². The predicted molar refractivity (Wildman–Crippen MR) is 35.4 cm³/mol. The SMILES string of the molecule is [2H]CC[C@@H](O)[C@H](O)[C@H](O)CO. The highest BCUT2D eigenvalue weighted by atomic mass is 16.4. The summed E-state index contributed by atoms with van der Waals surface area (Å²) < 4.78 is 6.71. The van der Waals surface area contributed by atoms with Crippen LogP contribution in [0.25, 0.3) is 0 Å². The predicted octanol–water partition coefficient (Wildman–Crippen LogP) is -1.53. The molecule has 0 radical (unpaired) electrons. The Bertz CT molecular complexity index is 101. The first-order valence-electron chi connectivity index (χ1n) is 3.78. The van der Waals surface area contributed by atoms with Crippen LogP contribution in [0.15, 0.2) is 0 Å². The van der Waals surface area contributed by atoms with Crippen molar-refractivity contribution in [2.45, 2.75) is 31.6 Å². The van der Waals surface area contributed by atoms with Crippen LogP contribution < -0.4 is 0 Å². The van der Waals surface area contributed by atoms with Gasteiger partial charge in [-0.05, 0) is 6.42 Å². The molecule has 0 heterocycles. The van der Waals surface area contributed by atoms with Crippen molar-refractivity contribution >= 4 is 0 Å². The fourth-order valence-corrected chi connectivity index (χ4v) is 0.535. The largest absolute Gasteiger partial charge is 0.394 e. The highest BCUT2D eigenvalue weighted by Gasteiger charge is 2.21. The quantitative estimate of drug-likeness (QED) is 0.393. The van der Waals surface area contributed by atoms with Gasteiger partial charge in [0.25, 0.3) is 0 Å². The Hall–Kier alpha value is -0.160. The van der Waals surface area contributed by atoms with Crippen LogP contribution in [-0.4, -0.2) is 45.3 Å². The molecular formula is C6H14O4. The average molecular weight is 151 g/mol. The number of aliphatic hydroxyl groups excluding tert-OH is 4. The molecule has 0 aromatic rings. The van der Waals surface area contributed by atoms with Crippen molar-refractivity contribution < 1.29 is 21.8 Å². The molecule has 4 heteroatoms. The lowest BCUT2D eigenvalue weighted by molar-refractivity contribution is -0.0767. The summed E-state index contributed by atoms with van der Waals surface area (Å²) in [5.74, 6) is 0. The molecule has 0 aliphatic heterocycles. The van der Waals surface area contributed by atoms with Crippen LogP contribution in [0.5, 0.6) is 0 Å². The third-order valence-corrected chi connectivity index (χ3v) is 1.27. The Morgan fingerprint density at radius 1 is 1.30 bits per heavy atom. The fraction of sp³-hybridized carbons (Fsp3) is 1.00. The van der Waals surface area contributed by atoms with Crippen molar-refractivity contribution in [3.8, 4) is 0 Å². The standard InChI is InChI=1S/C6H14O4/c1-2-4(8)6(10)5(9)3-7/h4-10H,2-3H2,1H3/t4-,5-,6+/m1/s1/i1D. The minimum atomic E-state index is -1.36. The molecule has 10 heavy (non-hydrogen) atoms. The van der Waals surface area contributed by atoms with Gasteiger partial charge in [-0.25, -0.2) is 0 Å². The van der Waals surface area contributed by atoms with E-state index in [1.807, 2.05) is 0 Å². The third kappa shape index (κ3) is 2.62. The number of aliphatic hydroxyl groups is 4. The lowest BCUT2D eigenvalue weighted by atomic mass is 10.1. The number of hydrogen-bond donors (Lipinski definition) is 4. The van der Waals surface area contributed by atoms with Gasteiger partial charge in [0.1, 0.15) is 12.2 Å². The van der Waals surface area contributed by atoms with Gasteiger partial charge < -0.3 is 20.4 Å². The molecule has 0 spiro atoms. The van der Waals surface area contributed by atoms with Crippen LogP contribution in [0.2, 0.25) is 0 Å². The maximum Gasteiger partial charge on any atom is 0.108 e. The summed E-state index contributed by atoms with van der Waals surface area (Å²) >= 11 is 0. The summed E-state index contributed by atoms with van der Waals surface area (Å²) in [7, 11) is 0. The van der Waals surface area contributed by atoms with Crippen LogP contribution in [0.1, 0.15) is 14.7 Å². The second kappa shape index (κ2) is 4.62. The van der Waals surface area contributed by atoms with E-state index in [4.69, 9.17) is 21.8 Å². The van der Waals surface area contributed by atoms with E-state index in [-0.39, 0.29) is 13.3 Å². The van der Waals surface area contributed by atoms with E-state index < -0.39 is 24.9 Å². The van der Waals surface area contributed by atoms with Gasteiger partial charge in [0.05, 0.1) is 12.7 Å². The zero-order valence-electron chi connectivity index (χ0n) is 6.64. The molecule has 0 amide bonds. The maximum absolute atomic E-state index is 8.98. The molecule has 0 aliphatic rings. The molecule has 0 aromatic heterocycles. The summed E-state index contributed by atoms with van der Waals surface area (Å²) in [6.45, 7) is -0.605. The van der Waals surface area contributed by atoms with Crippen molar-refractivity contribution in [1.29, 1.82) is 0 Å². The molecule has 0 aromatic carbocycles. The van der Waals surface area contributed by atoms with Gasteiger partial charge in [-0.15, -0.1) is 0 Å². The second-order valence-corrected chi connectivity index (χ2v) is 2.10. The summed E-state index contributed by atoms with van der Waals surface area (Å²) in [4.78, 5) is 0. The Morgan fingerprint density at radius 3 is 2.30 bits per heavy atom. The molecule has 3 atom stereocenters. The Morgan fingerprint density at radius 2 is 1.90 bits per heavy atom. The summed E-state index contributed by atoms with van der Waals surface area (Å²) in [5.41, 5.74) is 0. The van der Waals surface area contributed by atoms with Crippen LogP contribution in [0.3, 0.4) is 0 Å². The molecule has 0 bridgehead atoms. The van der Waals surface area contributed by atoms with Crippen molar-refractivity contribution in [3.63, 3.8) is 0 Å². The average Bonchev–Trinajstić information content (AvgIpc) is 2.02. The Labute approximate surface area is 61.1 Å². The van der Waals surface area contributed by atoms with Crippen molar-refractivity contribution in [2.24, 2.45) is 0 Å². The van der Waals surface area contributed by atoms with Crippen LogP contribution >= 0.6 is 0 Å². The molecule has 62 valence electrons. The Balaban J connectivity index is 3.70. The van der Waals surface area contributed by atoms with E-state index in [2.05, 4.69) is 0 Å². The second-order valence-electron chi connectivity index (χ2n) is 2.10. The number of hydrogen-bond acceptors (Lipinski definition) is 4. The Kier molecular flexibility index (Phi) is 3.67. The van der Waals surface area contributed by atoms with E-state index >= 15 is 0 Å². The molecule has 0 saturated carbocycles. The minimum Gasteiger partial charge on any atom is -0.394 e.